The first-order valence-electron chi connectivity index (χ1n) is 13.1. The molecular weight excluding hydrogens is 535 g/mol. The summed E-state index contributed by atoms with van der Waals surface area (Å²) in [5.41, 5.74) is -6.86. The molecule has 4 N–H and O–H groups in total. The van der Waals surface area contributed by atoms with Gasteiger partial charge in [-0.3, -0.25) is 19.2 Å². The maximum absolute atomic E-state index is 17.1. The van der Waals surface area contributed by atoms with Crippen molar-refractivity contribution < 1.29 is 53.5 Å². The summed E-state index contributed by atoms with van der Waals surface area (Å²) in [5.74, 6) is -4.65. The van der Waals surface area contributed by atoms with Gasteiger partial charge in [-0.2, -0.15) is 0 Å². The van der Waals surface area contributed by atoms with Gasteiger partial charge in [0.05, 0.1) is 18.6 Å². The van der Waals surface area contributed by atoms with E-state index in [2.05, 4.69) is 10.2 Å². The molecule has 0 bridgehead atoms. The number of nitrogens with zero attached hydrogens (tertiary/aromatic N) is 1. The highest BCUT2D eigenvalue weighted by atomic mass is 19.1. The maximum Gasteiger partial charge on any atom is 0.325 e. The minimum atomic E-state index is -2.46. The molecule has 14 heteroatoms. The van der Waals surface area contributed by atoms with Crippen LogP contribution in [0.4, 0.5) is 4.39 Å². The second kappa shape index (κ2) is 10.3. The second-order valence-corrected chi connectivity index (χ2v) is 11.5. The van der Waals surface area contributed by atoms with Crippen LogP contribution in [-0.2, 0) is 28.8 Å². The highest BCUT2D eigenvalue weighted by Crippen LogP contribution is 2.69. The lowest BCUT2D eigenvalue weighted by molar-refractivity contribution is -0.757. The zero-order valence-electron chi connectivity index (χ0n) is 22.1. The molecule has 0 spiro atoms. The molecule has 0 unspecified atom stereocenters. The molecule has 8 atom stereocenters. The molecule has 3 saturated carbocycles. The van der Waals surface area contributed by atoms with E-state index in [0.717, 1.165) is 0 Å². The molecule has 0 aliphatic heterocycles. The molecule has 4 aliphatic rings. The van der Waals surface area contributed by atoms with Crippen LogP contribution in [0.2, 0.25) is 0 Å². The molecule has 220 valence electrons. The summed E-state index contributed by atoms with van der Waals surface area (Å²) in [4.78, 5) is 63.0. The van der Waals surface area contributed by atoms with Crippen molar-refractivity contribution in [1.82, 2.24) is 5.32 Å². The van der Waals surface area contributed by atoms with Crippen LogP contribution >= 0.6 is 0 Å². The van der Waals surface area contributed by atoms with E-state index < -0.39 is 95.1 Å². The van der Waals surface area contributed by atoms with E-state index in [-0.39, 0.29) is 25.0 Å². The van der Waals surface area contributed by atoms with Gasteiger partial charge >= 0.3 is 5.97 Å². The number of hydrogen-bond donors (Lipinski definition) is 4. The molecule has 0 aromatic rings. The molecule has 0 radical (unpaired) electrons. The summed E-state index contributed by atoms with van der Waals surface area (Å²) in [6.45, 7) is 0.996. The van der Waals surface area contributed by atoms with Crippen molar-refractivity contribution in [2.75, 3.05) is 19.8 Å². The maximum atomic E-state index is 17.1. The van der Waals surface area contributed by atoms with E-state index in [1.54, 1.807) is 6.92 Å². The van der Waals surface area contributed by atoms with Crippen molar-refractivity contribution in [2.24, 2.45) is 22.7 Å². The average Bonchev–Trinajstić information content (AvgIpc) is 3.08. The Morgan fingerprint density at radius 1 is 1.23 bits per heavy atom. The summed E-state index contributed by atoms with van der Waals surface area (Å²) in [7, 11) is 0. The highest BCUT2D eigenvalue weighted by Gasteiger charge is 2.76. The standard InChI is InChI=1S/C26H33FN2O11/c1-23-7-5-15(30)9-14(23)3-4-16-17-10-18(31)26(36,24(17,2)11-19(32)25(16,23)27)20(33)13-39-22(35)12-28-21(34)6-8-40-29(37)38/h5,7,9,16-19,31-32,36H,3-4,6,8,10-13H2,1-2H3,(H,28,34)/t16-,17-,18+,19-,23-,24-,25-,26-/m0/s1. The third kappa shape index (κ3) is 4.41. The van der Waals surface area contributed by atoms with E-state index in [4.69, 9.17) is 4.74 Å². The van der Waals surface area contributed by atoms with Gasteiger partial charge in [0.2, 0.25) is 11.7 Å². The van der Waals surface area contributed by atoms with Crippen LogP contribution in [0.5, 0.6) is 0 Å². The van der Waals surface area contributed by atoms with Crippen LogP contribution < -0.4 is 5.32 Å². The molecular formula is C26H33FN2O11. The predicted octanol–water partition coefficient (Wildman–Crippen LogP) is -0.114. The fourth-order valence-corrected chi connectivity index (χ4v) is 7.51. The van der Waals surface area contributed by atoms with E-state index in [9.17, 15) is 44.6 Å². The number of ketones is 2. The molecule has 4 aliphatic carbocycles. The number of aliphatic hydroxyl groups excluding tert-OH is 2. The number of allylic oxidation sites excluding steroid dienone is 4. The molecule has 1 amide bonds. The number of Topliss-reactive ketones (excluding diaryl/α,β-unsaturated/α-hetero) is 1. The van der Waals surface area contributed by atoms with Crippen LogP contribution in [0.15, 0.2) is 23.8 Å². The van der Waals surface area contributed by atoms with E-state index >= 15 is 4.39 Å². The van der Waals surface area contributed by atoms with Gasteiger partial charge in [0.25, 0.3) is 5.09 Å². The van der Waals surface area contributed by atoms with Crippen molar-refractivity contribution in [3.8, 4) is 0 Å². The van der Waals surface area contributed by atoms with Crippen molar-refractivity contribution in [3.05, 3.63) is 33.9 Å². The summed E-state index contributed by atoms with van der Waals surface area (Å²) in [6, 6.07) is 0. The molecule has 0 aromatic carbocycles. The Labute approximate surface area is 228 Å². The number of aliphatic hydroxyl groups is 3. The van der Waals surface area contributed by atoms with Gasteiger partial charge in [0.1, 0.15) is 13.2 Å². The lowest BCUT2D eigenvalue weighted by Gasteiger charge is -2.62. The SMILES string of the molecule is C[C@]12C=CC(=O)C=C1CC[C@H]1[C@@H]3C[C@@H](O)[C@](O)(C(=O)COC(=O)CNC(=O)CCO[N+](=O)[O-])[C@@]3(C)C[C@H](O)[C@@]12F. The van der Waals surface area contributed by atoms with Crippen molar-refractivity contribution in [1.29, 1.82) is 0 Å². The number of hydrogen-bond acceptors (Lipinski definition) is 11. The largest absolute Gasteiger partial charge is 0.456 e. The van der Waals surface area contributed by atoms with E-state index in [1.165, 1.54) is 25.2 Å². The zero-order chi connectivity index (χ0) is 29.7. The number of fused-ring (bicyclic) bond motifs is 5. The van der Waals surface area contributed by atoms with Crippen LogP contribution in [0.25, 0.3) is 0 Å². The first-order valence-corrected chi connectivity index (χ1v) is 13.1. The Balaban J connectivity index is 1.46. The number of amides is 1. The number of halogens is 1. The first-order chi connectivity index (χ1) is 18.6. The minimum Gasteiger partial charge on any atom is -0.456 e. The van der Waals surface area contributed by atoms with Crippen molar-refractivity contribution in [3.63, 3.8) is 0 Å². The van der Waals surface area contributed by atoms with Gasteiger partial charge in [-0.1, -0.05) is 18.6 Å². The van der Waals surface area contributed by atoms with Gasteiger partial charge in [0.15, 0.2) is 23.7 Å². The topological polar surface area (TPSA) is 203 Å². The van der Waals surface area contributed by atoms with Crippen LogP contribution in [0, 0.1) is 32.8 Å². The van der Waals surface area contributed by atoms with Crippen LogP contribution in [-0.4, -0.2) is 87.1 Å². The summed E-state index contributed by atoms with van der Waals surface area (Å²) in [6.07, 6.45) is 0.554. The minimum absolute atomic E-state index is 0.129. The highest BCUT2D eigenvalue weighted by molar-refractivity contribution is 6.01. The average molecular weight is 569 g/mol. The molecule has 13 nitrogen and oxygen atoms in total. The Kier molecular flexibility index (Phi) is 7.67. The van der Waals surface area contributed by atoms with Gasteiger partial charge < -0.3 is 30.2 Å². The monoisotopic (exact) mass is 568 g/mol. The number of carbonyl (C=O) groups is 4. The van der Waals surface area contributed by atoms with Crippen LogP contribution in [0.1, 0.15) is 46.0 Å². The number of rotatable bonds is 9. The third-order valence-electron chi connectivity index (χ3n) is 9.61. The summed E-state index contributed by atoms with van der Waals surface area (Å²) < 4.78 is 22.0. The fraction of sp³-hybridized carbons (Fsp3) is 0.692. The molecule has 3 fully saturated rings. The molecule has 0 heterocycles. The van der Waals surface area contributed by atoms with E-state index in [1.807, 2.05) is 0 Å². The summed E-state index contributed by atoms with van der Waals surface area (Å²) in [5, 5.41) is 45.1. The Hall–Kier alpha value is -3.23. The van der Waals surface area contributed by atoms with E-state index in [0.29, 0.717) is 12.0 Å². The van der Waals surface area contributed by atoms with Gasteiger partial charge in [-0.15, -0.1) is 10.1 Å². The lowest BCUT2D eigenvalue weighted by Crippen LogP contribution is -2.69. The predicted molar refractivity (Wildman–Crippen MR) is 131 cm³/mol. The quantitative estimate of drug-likeness (QED) is 0.164. The number of alkyl halides is 1. The summed E-state index contributed by atoms with van der Waals surface area (Å²) >= 11 is 0. The zero-order valence-corrected chi connectivity index (χ0v) is 22.1. The molecule has 40 heavy (non-hydrogen) atoms. The number of carbonyl (C=O) groups excluding carboxylic acids is 4. The first kappa shape index (κ1) is 29.7. The second-order valence-electron chi connectivity index (χ2n) is 11.5. The number of nitrogens with one attached hydrogen (secondary N) is 1. The number of ether oxygens (including phenoxy) is 1. The van der Waals surface area contributed by atoms with Gasteiger partial charge in [-0.05, 0) is 50.7 Å². The molecule has 4 rings (SSSR count). The Morgan fingerprint density at radius 3 is 2.60 bits per heavy atom. The molecule has 0 saturated heterocycles. The van der Waals surface area contributed by atoms with Gasteiger partial charge in [0, 0.05) is 16.7 Å². The van der Waals surface area contributed by atoms with Crippen LogP contribution in [0.3, 0.4) is 0 Å². The van der Waals surface area contributed by atoms with Gasteiger partial charge in [-0.25, -0.2) is 4.39 Å². The normalized spacial score (nSPS) is 39.8. The Bertz CT molecular complexity index is 1190. The lowest BCUT2D eigenvalue weighted by atomic mass is 9.44. The fourth-order valence-electron chi connectivity index (χ4n) is 7.51. The van der Waals surface area contributed by atoms with Crippen molar-refractivity contribution in [2.45, 2.75) is 69.4 Å². The Morgan fingerprint density at radius 2 is 1.93 bits per heavy atom. The number of esters is 1. The third-order valence-corrected chi connectivity index (χ3v) is 9.61. The molecule has 0 aromatic heterocycles. The van der Waals surface area contributed by atoms with Crippen molar-refractivity contribution >= 4 is 23.4 Å². The smallest absolute Gasteiger partial charge is 0.325 e.